The van der Waals surface area contributed by atoms with Crippen molar-refractivity contribution >= 4 is 11.6 Å². The van der Waals surface area contributed by atoms with Crippen LogP contribution in [0.5, 0.6) is 5.75 Å². The monoisotopic (exact) mass is 290 g/mol. The van der Waals surface area contributed by atoms with Crippen molar-refractivity contribution in [1.82, 2.24) is 5.43 Å². The van der Waals surface area contributed by atoms with Crippen molar-refractivity contribution < 1.29 is 4.74 Å². The van der Waals surface area contributed by atoms with Crippen molar-refractivity contribution in [3.63, 3.8) is 0 Å². The van der Waals surface area contributed by atoms with Crippen LogP contribution in [0.25, 0.3) is 0 Å². The first-order valence-corrected chi connectivity index (χ1v) is 7.04. The van der Waals surface area contributed by atoms with Crippen LogP contribution in [0.4, 0.5) is 0 Å². The van der Waals surface area contributed by atoms with Gasteiger partial charge in [0.2, 0.25) is 0 Å². The van der Waals surface area contributed by atoms with Gasteiger partial charge in [0.1, 0.15) is 12.4 Å². The van der Waals surface area contributed by atoms with Gasteiger partial charge in [-0.3, -0.25) is 11.3 Å². The number of halogens is 1. The molecule has 1 unspecified atom stereocenters. The van der Waals surface area contributed by atoms with E-state index in [1.165, 1.54) is 5.56 Å². The minimum atomic E-state index is 0.106. The number of ether oxygens (including phenoxy) is 1. The normalized spacial score (nSPS) is 12.1. The standard InChI is InChI=1S/C16H19ClN2O/c17-14-7-4-8-16(11-14)20-12-15(19-18)10-9-13-5-2-1-3-6-13/h1-8,11,15,19H,9-10,12,18H2. The van der Waals surface area contributed by atoms with E-state index in [-0.39, 0.29) is 6.04 Å². The maximum absolute atomic E-state index is 5.91. The van der Waals surface area contributed by atoms with E-state index in [0.717, 1.165) is 18.6 Å². The fraction of sp³-hybridized carbons (Fsp3) is 0.250. The van der Waals surface area contributed by atoms with E-state index in [1.807, 2.05) is 36.4 Å². The van der Waals surface area contributed by atoms with Crippen LogP contribution in [-0.2, 0) is 6.42 Å². The predicted molar refractivity (Wildman–Crippen MR) is 82.8 cm³/mol. The quantitative estimate of drug-likeness (QED) is 0.608. The van der Waals surface area contributed by atoms with Gasteiger partial charge in [-0.25, -0.2) is 0 Å². The number of benzene rings is 2. The second-order valence-corrected chi connectivity index (χ2v) is 5.09. The first-order chi connectivity index (χ1) is 9.78. The van der Waals surface area contributed by atoms with Crippen LogP contribution in [0.1, 0.15) is 12.0 Å². The molecule has 0 fully saturated rings. The molecular formula is C16H19ClN2O. The molecule has 0 aliphatic carbocycles. The van der Waals surface area contributed by atoms with E-state index in [4.69, 9.17) is 22.2 Å². The van der Waals surface area contributed by atoms with Gasteiger partial charge >= 0.3 is 0 Å². The topological polar surface area (TPSA) is 47.3 Å². The fourth-order valence-corrected chi connectivity index (χ4v) is 2.13. The minimum absolute atomic E-state index is 0.106. The Kier molecular flexibility index (Phi) is 5.87. The molecule has 2 rings (SSSR count). The largest absolute Gasteiger partial charge is 0.492 e. The van der Waals surface area contributed by atoms with E-state index in [0.29, 0.717) is 11.6 Å². The van der Waals surface area contributed by atoms with Gasteiger partial charge in [0, 0.05) is 5.02 Å². The number of aryl methyl sites for hydroxylation is 1. The average molecular weight is 291 g/mol. The SMILES string of the molecule is NNC(CCc1ccccc1)COc1cccc(Cl)c1. The van der Waals surface area contributed by atoms with Gasteiger partial charge in [-0.2, -0.15) is 0 Å². The summed E-state index contributed by atoms with van der Waals surface area (Å²) >= 11 is 5.91. The Hall–Kier alpha value is -1.55. The molecule has 0 bridgehead atoms. The molecule has 0 aliphatic rings. The van der Waals surface area contributed by atoms with Gasteiger partial charge in [-0.1, -0.05) is 48.0 Å². The third-order valence-electron chi connectivity index (χ3n) is 3.11. The minimum Gasteiger partial charge on any atom is -0.492 e. The van der Waals surface area contributed by atoms with Gasteiger partial charge < -0.3 is 4.74 Å². The predicted octanol–water partition coefficient (Wildman–Crippen LogP) is 3.18. The Bertz CT molecular complexity index is 519. The van der Waals surface area contributed by atoms with E-state index in [2.05, 4.69) is 17.6 Å². The molecule has 3 N–H and O–H groups in total. The van der Waals surface area contributed by atoms with E-state index < -0.39 is 0 Å². The Morgan fingerprint density at radius 2 is 1.90 bits per heavy atom. The molecule has 0 saturated carbocycles. The van der Waals surface area contributed by atoms with Crippen molar-refractivity contribution in [3.8, 4) is 5.75 Å². The highest BCUT2D eigenvalue weighted by Crippen LogP contribution is 2.17. The van der Waals surface area contributed by atoms with Crippen molar-refractivity contribution in [2.45, 2.75) is 18.9 Å². The fourth-order valence-electron chi connectivity index (χ4n) is 1.95. The number of nitrogens with one attached hydrogen (secondary N) is 1. The summed E-state index contributed by atoms with van der Waals surface area (Å²) in [5.41, 5.74) is 4.10. The van der Waals surface area contributed by atoms with Crippen LogP contribution in [0.15, 0.2) is 54.6 Å². The third kappa shape index (κ3) is 4.85. The summed E-state index contributed by atoms with van der Waals surface area (Å²) in [5, 5.41) is 0.670. The van der Waals surface area contributed by atoms with Crippen molar-refractivity contribution in [3.05, 3.63) is 65.2 Å². The van der Waals surface area contributed by atoms with Crippen LogP contribution >= 0.6 is 11.6 Å². The van der Waals surface area contributed by atoms with Crippen LogP contribution in [0, 0.1) is 0 Å². The molecule has 3 nitrogen and oxygen atoms in total. The van der Waals surface area contributed by atoms with Gasteiger partial charge in [-0.05, 0) is 36.6 Å². The third-order valence-corrected chi connectivity index (χ3v) is 3.34. The molecule has 2 aromatic carbocycles. The number of hydrogen-bond donors (Lipinski definition) is 2. The van der Waals surface area contributed by atoms with Crippen molar-refractivity contribution in [2.24, 2.45) is 5.84 Å². The summed E-state index contributed by atoms with van der Waals surface area (Å²) in [6.45, 7) is 0.518. The highest BCUT2D eigenvalue weighted by atomic mass is 35.5. The van der Waals surface area contributed by atoms with E-state index in [9.17, 15) is 0 Å². The lowest BCUT2D eigenvalue weighted by Crippen LogP contribution is -2.39. The van der Waals surface area contributed by atoms with Crippen LogP contribution < -0.4 is 16.0 Å². The molecule has 0 heterocycles. The molecule has 0 amide bonds. The van der Waals surface area contributed by atoms with Crippen LogP contribution in [-0.4, -0.2) is 12.6 Å². The van der Waals surface area contributed by atoms with Crippen molar-refractivity contribution in [1.29, 1.82) is 0 Å². The number of hydrazine groups is 1. The zero-order valence-corrected chi connectivity index (χ0v) is 12.0. The maximum atomic E-state index is 5.91. The number of nitrogens with two attached hydrogens (primary N) is 1. The van der Waals surface area contributed by atoms with Crippen molar-refractivity contribution in [2.75, 3.05) is 6.61 Å². The zero-order chi connectivity index (χ0) is 14.2. The van der Waals surface area contributed by atoms with Gasteiger partial charge in [0.15, 0.2) is 0 Å². The molecule has 0 aromatic heterocycles. The molecule has 2 aromatic rings. The summed E-state index contributed by atoms with van der Waals surface area (Å²) in [5.74, 6) is 6.34. The van der Waals surface area contributed by atoms with E-state index >= 15 is 0 Å². The molecule has 1 atom stereocenters. The molecule has 0 saturated heterocycles. The lowest BCUT2D eigenvalue weighted by Gasteiger charge is -2.17. The lowest BCUT2D eigenvalue weighted by atomic mass is 10.1. The zero-order valence-electron chi connectivity index (χ0n) is 11.3. The summed E-state index contributed by atoms with van der Waals surface area (Å²) < 4.78 is 5.70. The van der Waals surface area contributed by atoms with Crippen LogP contribution in [0.3, 0.4) is 0 Å². The number of hydrogen-bond acceptors (Lipinski definition) is 3. The number of rotatable bonds is 7. The average Bonchev–Trinajstić information content (AvgIpc) is 2.48. The van der Waals surface area contributed by atoms with Crippen LogP contribution in [0.2, 0.25) is 5.02 Å². The molecular weight excluding hydrogens is 272 g/mol. The smallest absolute Gasteiger partial charge is 0.120 e. The van der Waals surface area contributed by atoms with Gasteiger partial charge in [0.05, 0.1) is 6.04 Å². The molecule has 4 heteroatoms. The Labute approximate surface area is 124 Å². The first kappa shape index (κ1) is 14.9. The highest BCUT2D eigenvalue weighted by molar-refractivity contribution is 6.30. The molecule has 106 valence electrons. The molecule has 0 aliphatic heterocycles. The lowest BCUT2D eigenvalue weighted by molar-refractivity contribution is 0.258. The second kappa shape index (κ2) is 7.90. The highest BCUT2D eigenvalue weighted by Gasteiger charge is 2.08. The second-order valence-electron chi connectivity index (χ2n) is 4.66. The Balaban J connectivity index is 1.80. The molecule has 0 spiro atoms. The first-order valence-electron chi connectivity index (χ1n) is 6.66. The van der Waals surface area contributed by atoms with Gasteiger partial charge in [0.25, 0.3) is 0 Å². The molecule has 20 heavy (non-hydrogen) atoms. The Morgan fingerprint density at radius 1 is 1.10 bits per heavy atom. The summed E-state index contributed by atoms with van der Waals surface area (Å²) in [7, 11) is 0. The maximum Gasteiger partial charge on any atom is 0.120 e. The summed E-state index contributed by atoms with van der Waals surface area (Å²) in [4.78, 5) is 0. The summed E-state index contributed by atoms with van der Waals surface area (Å²) in [6.07, 6.45) is 1.88. The Morgan fingerprint density at radius 3 is 2.60 bits per heavy atom. The molecule has 0 radical (unpaired) electrons. The van der Waals surface area contributed by atoms with Gasteiger partial charge in [-0.15, -0.1) is 0 Å². The van der Waals surface area contributed by atoms with E-state index in [1.54, 1.807) is 6.07 Å². The summed E-state index contributed by atoms with van der Waals surface area (Å²) in [6, 6.07) is 17.8.